The smallest absolute Gasteiger partial charge is 0.321 e. The van der Waals surface area contributed by atoms with Gasteiger partial charge in [0.1, 0.15) is 5.75 Å². The van der Waals surface area contributed by atoms with E-state index in [9.17, 15) is 9.59 Å². The number of ether oxygens (including phenoxy) is 2. The third kappa shape index (κ3) is 5.01. The Morgan fingerprint density at radius 3 is 2.75 bits per heavy atom. The quantitative estimate of drug-likeness (QED) is 0.842. The Bertz CT molecular complexity index is 583. The second-order valence-electron chi connectivity index (χ2n) is 5.59. The summed E-state index contributed by atoms with van der Waals surface area (Å²) in [5.41, 5.74) is 0.958. The van der Waals surface area contributed by atoms with Crippen LogP contribution in [-0.2, 0) is 9.53 Å². The molecular weight excluding hydrogens is 308 g/mol. The van der Waals surface area contributed by atoms with E-state index in [1.54, 1.807) is 25.1 Å². The van der Waals surface area contributed by atoms with Crippen LogP contribution in [0.1, 0.15) is 25.3 Å². The first-order valence-electron chi connectivity index (χ1n) is 8.16. The normalized spacial score (nSPS) is 17.6. The van der Waals surface area contributed by atoms with Gasteiger partial charge in [0, 0.05) is 19.3 Å². The molecule has 1 aromatic carbocycles. The molecule has 2 amide bonds. The zero-order valence-electron chi connectivity index (χ0n) is 14.2. The zero-order valence-corrected chi connectivity index (χ0v) is 14.2. The highest BCUT2D eigenvalue weighted by atomic mass is 16.5. The first kappa shape index (κ1) is 17.8. The third-order valence-electron chi connectivity index (χ3n) is 3.93. The number of esters is 1. The Balaban J connectivity index is 1.84. The summed E-state index contributed by atoms with van der Waals surface area (Å²) in [6.45, 7) is 3.21. The van der Waals surface area contributed by atoms with Crippen molar-refractivity contribution in [3.63, 3.8) is 0 Å². The van der Waals surface area contributed by atoms with E-state index in [2.05, 4.69) is 5.32 Å². The number of nitrogens with one attached hydrogen (secondary N) is 1. The summed E-state index contributed by atoms with van der Waals surface area (Å²) in [4.78, 5) is 25.7. The molecule has 0 spiro atoms. The van der Waals surface area contributed by atoms with Crippen LogP contribution in [0.15, 0.2) is 30.5 Å². The lowest BCUT2D eigenvalue weighted by Gasteiger charge is -2.31. The minimum atomic E-state index is -0.227. The summed E-state index contributed by atoms with van der Waals surface area (Å²) in [5, 5.41) is 2.74. The van der Waals surface area contributed by atoms with Gasteiger partial charge in [0.2, 0.25) is 0 Å². The number of methoxy groups -OCH3 is 1. The summed E-state index contributed by atoms with van der Waals surface area (Å²) in [6.07, 6.45) is 4.99. The van der Waals surface area contributed by atoms with Gasteiger partial charge in [-0.1, -0.05) is 12.1 Å². The maximum absolute atomic E-state index is 12.2. The van der Waals surface area contributed by atoms with Crippen molar-refractivity contribution >= 4 is 18.1 Å². The Hall–Kier alpha value is -2.50. The van der Waals surface area contributed by atoms with Gasteiger partial charge in [-0.25, -0.2) is 4.79 Å². The number of urea groups is 1. The van der Waals surface area contributed by atoms with Crippen LogP contribution in [0.4, 0.5) is 4.79 Å². The highest BCUT2D eigenvalue weighted by Crippen LogP contribution is 2.18. The molecule has 1 fully saturated rings. The number of carbonyl (C=O) groups excluding carboxylic acids is 2. The van der Waals surface area contributed by atoms with E-state index in [4.69, 9.17) is 9.47 Å². The summed E-state index contributed by atoms with van der Waals surface area (Å²) in [7, 11) is 1.62. The van der Waals surface area contributed by atoms with Crippen molar-refractivity contribution in [3.05, 3.63) is 36.0 Å². The zero-order chi connectivity index (χ0) is 17.4. The molecule has 1 heterocycles. The predicted octanol–water partition coefficient (Wildman–Crippen LogP) is 2.65. The molecule has 1 aliphatic heterocycles. The number of nitrogens with zero attached hydrogens (tertiary/aromatic N) is 1. The number of amides is 2. The molecular formula is C18H24N2O4. The van der Waals surface area contributed by atoms with Gasteiger partial charge in [0.25, 0.3) is 0 Å². The van der Waals surface area contributed by atoms with Crippen LogP contribution in [0.2, 0.25) is 0 Å². The molecule has 6 nitrogen and oxygen atoms in total. The van der Waals surface area contributed by atoms with Gasteiger partial charge in [-0.15, -0.1) is 0 Å². The maximum atomic E-state index is 12.2. The molecule has 24 heavy (non-hydrogen) atoms. The molecule has 1 N–H and O–H groups in total. The fraction of sp³-hybridized carbons (Fsp3) is 0.444. The van der Waals surface area contributed by atoms with Gasteiger partial charge in [-0.05, 0) is 43.5 Å². The number of hydrogen-bond acceptors (Lipinski definition) is 4. The fourth-order valence-corrected chi connectivity index (χ4v) is 2.63. The topological polar surface area (TPSA) is 67.9 Å². The van der Waals surface area contributed by atoms with E-state index in [0.29, 0.717) is 19.7 Å². The van der Waals surface area contributed by atoms with Crippen molar-refractivity contribution in [1.82, 2.24) is 10.2 Å². The summed E-state index contributed by atoms with van der Waals surface area (Å²) >= 11 is 0. The second-order valence-corrected chi connectivity index (χ2v) is 5.59. The average Bonchev–Trinajstić information content (AvgIpc) is 2.62. The van der Waals surface area contributed by atoms with E-state index in [0.717, 1.165) is 24.2 Å². The van der Waals surface area contributed by atoms with Crippen molar-refractivity contribution in [2.45, 2.75) is 19.8 Å². The van der Waals surface area contributed by atoms with Crippen LogP contribution in [0.3, 0.4) is 0 Å². The minimum absolute atomic E-state index is 0.200. The fourth-order valence-electron chi connectivity index (χ4n) is 2.63. The van der Waals surface area contributed by atoms with E-state index < -0.39 is 0 Å². The van der Waals surface area contributed by atoms with Crippen molar-refractivity contribution in [2.24, 2.45) is 5.92 Å². The van der Waals surface area contributed by atoms with Crippen LogP contribution in [-0.4, -0.2) is 43.7 Å². The molecule has 0 saturated carbocycles. The standard InChI is InChI=1S/C18H24N2O4/c1-3-24-17(21)15-5-4-12-20(13-15)18(22)19-11-10-14-6-8-16(23-2)9-7-14/h6-11,15H,3-5,12-13H2,1-2H3,(H,19,22)/b11-10+. The molecule has 0 aromatic heterocycles. The Labute approximate surface area is 142 Å². The highest BCUT2D eigenvalue weighted by Gasteiger charge is 2.28. The minimum Gasteiger partial charge on any atom is -0.497 e. The number of piperidine rings is 1. The summed E-state index contributed by atoms with van der Waals surface area (Å²) in [6, 6.07) is 7.32. The monoisotopic (exact) mass is 332 g/mol. The number of likely N-dealkylation sites (tertiary alicyclic amines) is 1. The SMILES string of the molecule is CCOC(=O)C1CCCN(C(=O)N/C=C/c2ccc(OC)cc2)C1. The molecule has 1 atom stereocenters. The Morgan fingerprint density at radius 1 is 1.33 bits per heavy atom. The summed E-state index contributed by atoms with van der Waals surface area (Å²) < 4.78 is 10.1. The van der Waals surface area contributed by atoms with Crippen LogP contribution in [0.25, 0.3) is 6.08 Å². The molecule has 130 valence electrons. The Kier molecular flexibility index (Phi) is 6.66. The number of hydrogen-bond donors (Lipinski definition) is 1. The summed E-state index contributed by atoms with van der Waals surface area (Å²) in [5.74, 6) is 0.341. The van der Waals surface area contributed by atoms with Crippen molar-refractivity contribution in [2.75, 3.05) is 26.8 Å². The lowest BCUT2D eigenvalue weighted by molar-refractivity contribution is -0.149. The van der Waals surface area contributed by atoms with Crippen molar-refractivity contribution in [1.29, 1.82) is 0 Å². The van der Waals surface area contributed by atoms with E-state index >= 15 is 0 Å². The van der Waals surface area contributed by atoms with Gasteiger partial charge in [0.15, 0.2) is 0 Å². The maximum Gasteiger partial charge on any atom is 0.321 e. The van der Waals surface area contributed by atoms with Gasteiger partial charge in [-0.2, -0.15) is 0 Å². The number of carbonyl (C=O) groups is 2. The molecule has 0 aliphatic carbocycles. The molecule has 1 aliphatic rings. The molecule has 0 radical (unpaired) electrons. The first-order chi connectivity index (χ1) is 11.6. The van der Waals surface area contributed by atoms with Crippen LogP contribution >= 0.6 is 0 Å². The molecule has 1 saturated heterocycles. The van der Waals surface area contributed by atoms with Gasteiger partial charge >= 0.3 is 12.0 Å². The lowest BCUT2D eigenvalue weighted by Crippen LogP contribution is -2.46. The van der Waals surface area contributed by atoms with Crippen LogP contribution in [0.5, 0.6) is 5.75 Å². The van der Waals surface area contributed by atoms with Gasteiger partial charge in [0.05, 0.1) is 19.6 Å². The molecule has 2 rings (SSSR count). The highest BCUT2D eigenvalue weighted by molar-refractivity contribution is 5.78. The third-order valence-corrected chi connectivity index (χ3v) is 3.93. The first-order valence-corrected chi connectivity index (χ1v) is 8.16. The lowest BCUT2D eigenvalue weighted by atomic mass is 9.98. The van der Waals surface area contributed by atoms with E-state index in [1.807, 2.05) is 30.3 Å². The Morgan fingerprint density at radius 2 is 2.08 bits per heavy atom. The van der Waals surface area contributed by atoms with Crippen LogP contribution in [0, 0.1) is 5.92 Å². The average molecular weight is 332 g/mol. The second kappa shape index (κ2) is 8.96. The molecule has 0 bridgehead atoms. The number of benzene rings is 1. The molecule has 1 unspecified atom stereocenters. The van der Waals surface area contributed by atoms with Crippen LogP contribution < -0.4 is 10.1 Å². The van der Waals surface area contributed by atoms with Gasteiger partial charge in [-0.3, -0.25) is 4.79 Å². The van der Waals surface area contributed by atoms with E-state index in [-0.39, 0.29) is 17.9 Å². The number of rotatable bonds is 5. The largest absolute Gasteiger partial charge is 0.497 e. The predicted molar refractivity (Wildman–Crippen MR) is 91.5 cm³/mol. The molecule has 6 heteroatoms. The van der Waals surface area contributed by atoms with E-state index in [1.165, 1.54) is 0 Å². The van der Waals surface area contributed by atoms with Crippen molar-refractivity contribution in [3.8, 4) is 5.75 Å². The van der Waals surface area contributed by atoms with Crippen molar-refractivity contribution < 1.29 is 19.1 Å². The van der Waals surface area contributed by atoms with Gasteiger partial charge < -0.3 is 19.7 Å². The molecule has 1 aromatic rings.